The molecule has 0 aliphatic rings. The number of halogens is 1. The number of nitriles is 1. The third kappa shape index (κ3) is 3.61. The monoisotopic (exact) mass is 283 g/mol. The van der Waals surface area contributed by atoms with E-state index in [9.17, 15) is 4.39 Å². The molecule has 0 amide bonds. The number of hydrogen-bond donors (Lipinski definition) is 0. The molecule has 0 N–H and O–H groups in total. The van der Waals surface area contributed by atoms with Crippen LogP contribution in [-0.2, 0) is 5.41 Å². The summed E-state index contributed by atoms with van der Waals surface area (Å²) in [4.78, 5) is 0. The van der Waals surface area contributed by atoms with Gasteiger partial charge >= 0.3 is 0 Å². The van der Waals surface area contributed by atoms with Crippen molar-refractivity contribution in [3.05, 3.63) is 58.9 Å². The van der Waals surface area contributed by atoms with Crippen molar-refractivity contribution >= 4 is 0 Å². The molecule has 0 fully saturated rings. The van der Waals surface area contributed by atoms with Gasteiger partial charge in [0.2, 0.25) is 0 Å². The predicted molar refractivity (Wildman–Crippen MR) is 81.1 cm³/mol. The maximum Gasteiger partial charge on any atom is 0.131 e. The summed E-state index contributed by atoms with van der Waals surface area (Å²) in [6, 6.07) is 11.9. The van der Waals surface area contributed by atoms with Crippen molar-refractivity contribution in [2.24, 2.45) is 0 Å². The minimum atomic E-state index is -0.478. The SMILES string of the molecule is Cc1ccc(C(C)(C)C)c(Oc2cc(F)cc(C#N)c2)c1. The molecule has 2 aromatic rings. The van der Waals surface area contributed by atoms with Gasteiger partial charge in [-0.05, 0) is 36.1 Å². The van der Waals surface area contributed by atoms with E-state index in [0.717, 1.165) is 11.1 Å². The van der Waals surface area contributed by atoms with E-state index in [4.69, 9.17) is 10.00 Å². The van der Waals surface area contributed by atoms with Crippen molar-refractivity contribution in [2.45, 2.75) is 33.1 Å². The summed E-state index contributed by atoms with van der Waals surface area (Å²) in [5.74, 6) is 0.550. The van der Waals surface area contributed by atoms with E-state index in [1.165, 1.54) is 18.2 Å². The molecule has 21 heavy (non-hydrogen) atoms. The second-order valence-electron chi connectivity index (χ2n) is 6.14. The fraction of sp³-hybridized carbons (Fsp3) is 0.278. The summed E-state index contributed by atoms with van der Waals surface area (Å²) in [7, 11) is 0. The van der Waals surface area contributed by atoms with Crippen molar-refractivity contribution in [2.75, 3.05) is 0 Å². The van der Waals surface area contributed by atoms with Gasteiger partial charge in [-0.3, -0.25) is 0 Å². The molecule has 0 aromatic heterocycles. The largest absolute Gasteiger partial charge is 0.457 e. The van der Waals surface area contributed by atoms with Gasteiger partial charge in [0, 0.05) is 11.6 Å². The Morgan fingerprint density at radius 3 is 2.43 bits per heavy atom. The zero-order chi connectivity index (χ0) is 15.6. The molecule has 108 valence electrons. The molecule has 2 aromatic carbocycles. The lowest BCUT2D eigenvalue weighted by molar-refractivity contribution is 0.451. The predicted octanol–water partition coefficient (Wildman–Crippen LogP) is 5.10. The number of benzene rings is 2. The Bertz CT molecular complexity index is 708. The standard InChI is InChI=1S/C18H18FNO/c1-12-5-6-16(18(2,3)4)17(7-12)21-15-9-13(11-20)8-14(19)10-15/h5-10H,1-4H3. The topological polar surface area (TPSA) is 33.0 Å². The Hall–Kier alpha value is -2.34. The second-order valence-corrected chi connectivity index (χ2v) is 6.14. The number of aryl methyl sites for hydroxylation is 1. The first-order valence-electron chi connectivity index (χ1n) is 6.79. The fourth-order valence-electron chi connectivity index (χ4n) is 2.15. The molecule has 0 saturated heterocycles. The first kappa shape index (κ1) is 15.1. The smallest absolute Gasteiger partial charge is 0.131 e. The van der Waals surface area contributed by atoms with Gasteiger partial charge in [-0.15, -0.1) is 0 Å². The fourth-order valence-corrected chi connectivity index (χ4v) is 2.15. The Balaban J connectivity index is 2.47. The first-order valence-corrected chi connectivity index (χ1v) is 6.79. The zero-order valence-corrected chi connectivity index (χ0v) is 12.7. The van der Waals surface area contributed by atoms with Crippen molar-refractivity contribution in [1.82, 2.24) is 0 Å². The molecule has 0 heterocycles. The van der Waals surface area contributed by atoms with E-state index >= 15 is 0 Å². The Morgan fingerprint density at radius 2 is 1.81 bits per heavy atom. The molecule has 3 heteroatoms. The number of hydrogen-bond acceptors (Lipinski definition) is 2. The zero-order valence-electron chi connectivity index (χ0n) is 12.7. The Morgan fingerprint density at radius 1 is 1.10 bits per heavy atom. The van der Waals surface area contributed by atoms with Crippen LogP contribution in [-0.4, -0.2) is 0 Å². The minimum absolute atomic E-state index is 0.0889. The van der Waals surface area contributed by atoms with Gasteiger partial charge in [0.05, 0.1) is 11.6 Å². The average Bonchev–Trinajstić information content (AvgIpc) is 2.36. The lowest BCUT2D eigenvalue weighted by atomic mass is 9.86. The van der Waals surface area contributed by atoms with Crippen LogP contribution in [0.3, 0.4) is 0 Å². The van der Waals surface area contributed by atoms with Crippen LogP contribution in [0.1, 0.15) is 37.5 Å². The van der Waals surface area contributed by atoms with Crippen LogP contribution in [0.15, 0.2) is 36.4 Å². The van der Waals surface area contributed by atoms with E-state index in [2.05, 4.69) is 20.8 Å². The van der Waals surface area contributed by atoms with Gasteiger partial charge in [0.25, 0.3) is 0 Å². The van der Waals surface area contributed by atoms with E-state index in [1.807, 2.05) is 31.2 Å². The van der Waals surface area contributed by atoms with Gasteiger partial charge in [-0.2, -0.15) is 5.26 Å². The maximum absolute atomic E-state index is 13.5. The molecule has 0 unspecified atom stereocenters. The molecular weight excluding hydrogens is 265 g/mol. The van der Waals surface area contributed by atoms with Crippen LogP contribution in [0.25, 0.3) is 0 Å². The molecule has 0 bridgehead atoms. The van der Waals surface area contributed by atoms with Gasteiger partial charge in [-0.25, -0.2) is 4.39 Å². The summed E-state index contributed by atoms with van der Waals surface area (Å²) < 4.78 is 19.3. The lowest BCUT2D eigenvalue weighted by Gasteiger charge is -2.23. The maximum atomic E-state index is 13.5. The molecular formula is C18H18FNO. The van der Waals surface area contributed by atoms with Gasteiger partial charge in [0.1, 0.15) is 17.3 Å². The number of nitrogens with zero attached hydrogens (tertiary/aromatic N) is 1. The number of ether oxygens (including phenoxy) is 1. The van der Waals surface area contributed by atoms with Crippen molar-refractivity contribution in [3.8, 4) is 17.6 Å². The summed E-state index contributed by atoms with van der Waals surface area (Å²) in [6.45, 7) is 8.26. The summed E-state index contributed by atoms with van der Waals surface area (Å²) in [6.07, 6.45) is 0. The molecule has 0 saturated carbocycles. The van der Waals surface area contributed by atoms with Crippen LogP contribution >= 0.6 is 0 Å². The van der Waals surface area contributed by atoms with Crippen LogP contribution in [0.2, 0.25) is 0 Å². The number of rotatable bonds is 2. The highest BCUT2D eigenvalue weighted by molar-refractivity contribution is 5.45. The van der Waals surface area contributed by atoms with Gasteiger partial charge < -0.3 is 4.74 Å². The lowest BCUT2D eigenvalue weighted by Crippen LogP contribution is -2.12. The van der Waals surface area contributed by atoms with Crippen LogP contribution in [0.4, 0.5) is 4.39 Å². The third-order valence-corrected chi connectivity index (χ3v) is 3.17. The van der Waals surface area contributed by atoms with Crippen LogP contribution in [0.5, 0.6) is 11.5 Å². The highest BCUT2D eigenvalue weighted by Gasteiger charge is 2.19. The Labute approximate surface area is 124 Å². The van der Waals surface area contributed by atoms with E-state index in [1.54, 1.807) is 0 Å². The molecule has 0 aliphatic carbocycles. The third-order valence-electron chi connectivity index (χ3n) is 3.17. The minimum Gasteiger partial charge on any atom is -0.457 e. The van der Waals surface area contributed by atoms with E-state index in [0.29, 0.717) is 11.5 Å². The van der Waals surface area contributed by atoms with Gasteiger partial charge in [-0.1, -0.05) is 32.9 Å². The quantitative estimate of drug-likeness (QED) is 0.768. The summed E-state index contributed by atoms with van der Waals surface area (Å²) in [5.41, 5.74) is 2.26. The Kier molecular flexibility index (Phi) is 3.99. The average molecular weight is 283 g/mol. The highest BCUT2D eigenvalue weighted by atomic mass is 19.1. The summed E-state index contributed by atoms with van der Waals surface area (Å²) >= 11 is 0. The van der Waals surface area contributed by atoms with E-state index < -0.39 is 5.82 Å². The molecule has 2 rings (SSSR count). The second kappa shape index (κ2) is 5.57. The van der Waals surface area contributed by atoms with Crippen LogP contribution < -0.4 is 4.74 Å². The van der Waals surface area contributed by atoms with E-state index in [-0.39, 0.29) is 11.0 Å². The van der Waals surface area contributed by atoms with Crippen molar-refractivity contribution in [1.29, 1.82) is 5.26 Å². The molecule has 2 nitrogen and oxygen atoms in total. The van der Waals surface area contributed by atoms with Crippen molar-refractivity contribution in [3.63, 3.8) is 0 Å². The summed E-state index contributed by atoms with van der Waals surface area (Å²) in [5, 5.41) is 8.91. The van der Waals surface area contributed by atoms with Gasteiger partial charge in [0.15, 0.2) is 0 Å². The normalized spacial score (nSPS) is 11.0. The molecule has 0 atom stereocenters. The molecule has 0 spiro atoms. The van der Waals surface area contributed by atoms with Crippen molar-refractivity contribution < 1.29 is 9.13 Å². The van der Waals surface area contributed by atoms with Crippen LogP contribution in [0, 0.1) is 24.1 Å². The first-order chi connectivity index (χ1) is 9.79. The molecule has 0 radical (unpaired) electrons. The molecule has 0 aliphatic heterocycles. The highest BCUT2D eigenvalue weighted by Crippen LogP contribution is 2.35.